The minimum absolute atomic E-state index is 0.144. The van der Waals surface area contributed by atoms with E-state index in [1.165, 1.54) is 6.07 Å². The monoisotopic (exact) mass is 365 g/mol. The Morgan fingerprint density at radius 2 is 1.92 bits per heavy atom. The average Bonchev–Trinajstić information content (AvgIpc) is 2.53. The van der Waals surface area contributed by atoms with E-state index in [1.54, 1.807) is 17.0 Å². The summed E-state index contributed by atoms with van der Waals surface area (Å²) in [5.74, 6) is -0.254. The van der Waals surface area contributed by atoms with Gasteiger partial charge in [-0.05, 0) is 51.8 Å². The summed E-state index contributed by atoms with van der Waals surface area (Å²) in [6.07, 6.45) is 1.19. The molecule has 1 aromatic heterocycles. The zero-order chi connectivity index (χ0) is 18.2. The smallest absolute Gasteiger partial charge is 0.410 e. The third kappa shape index (κ3) is 4.18. The Bertz CT molecular complexity index is 799. The molecule has 7 heteroatoms. The first-order chi connectivity index (χ1) is 11.7. The number of benzene rings is 1. The van der Waals surface area contributed by atoms with Gasteiger partial charge in [0.25, 0.3) is 0 Å². The third-order valence-electron chi connectivity index (χ3n) is 4.20. The summed E-state index contributed by atoms with van der Waals surface area (Å²) in [4.78, 5) is 13.8. The van der Waals surface area contributed by atoms with E-state index in [-0.39, 0.29) is 12.0 Å². The second-order valence-electron chi connectivity index (χ2n) is 7.33. The number of hydrogen-bond donors (Lipinski definition) is 0. The van der Waals surface area contributed by atoms with Crippen molar-refractivity contribution >= 4 is 28.6 Å². The average molecular weight is 366 g/mol. The Balaban J connectivity index is 1.71. The van der Waals surface area contributed by atoms with Crippen LogP contribution in [0.25, 0.3) is 10.9 Å². The van der Waals surface area contributed by atoms with Crippen LogP contribution in [-0.2, 0) is 4.74 Å². The van der Waals surface area contributed by atoms with Crippen LogP contribution in [0.3, 0.4) is 0 Å². The number of hydrogen-bond acceptors (Lipinski definition) is 4. The van der Waals surface area contributed by atoms with E-state index < -0.39 is 11.4 Å². The molecular weight excluding hydrogens is 345 g/mol. The number of nitrogens with zero attached hydrogens (tertiary/aromatic N) is 3. The number of likely N-dealkylation sites (tertiary alicyclic amines) is 1. The van der Waals surface area contributed by atoms with Crippen LogP contribution in [0.2, 0.25) is 5.02 Å². The first-order valence-electron chi connectivity index (χ1n) is 8.33. The molecule has 2 heterocycles. The Hall–Kier alpha value is -1.95. The fourth-order valence-electron chi connectivity index (χ4n) is 2.97. The van der Waals surface area contributed by atoms with Gasteiger partial charge in [0, 0.05) is 29.4 Å². The van der Waals surface area contributed by atoms with Crippen LogP contribution in [0, 0.1) is 5.82 Å². The van der Waals surface area contributed by atoms with Gasteiger partial charge >= 0.3 is 6.09 Å². The zero-order valence-corrected chi connectivity index (χ0v) is 15.3. The second-order valence-corrected chi connectivity index (χ2v) is 7.77. The van der Waals surface area contributed by atoms with E-state index in [1.807, 2.05) is 20.8 Å². The summed E-state index contributed by atoms with van der Waals surface area (Å²) in [5.41, 5.74) is 0.689. The highest BCUT2D eigenvalue weighted by atomic mass is 35.5. The van der Waals surface area contributed by atoms with Gasteiger partial charge < -0.3 is 9.64 Å². The molecule has 1 aliphatic rings. The van der Waals surface area contributed by atoms with E-state index in [0.717, 1.165) is 18.5 Å². The van der Waals surface area contributed by atoms with Gasteiger partial charge in [0.2, 0.25) is 0 Å². The summed E-state index contributed by atoms with van der Waals surface area (Å²) in [6.45, 7) is 6.72. The third-order valence-corrected chi connectivity index (χ3v) is 4.42. The topological polar surface area (TPSA) is 55.3 Å². The quantitative estimate of drug-likeness (QED) is 0.744. The molecule has 3 rings (SSSR count). The molecule has 1 fully saturated rings. The largest absolute Gasteiger partial charge is 0.444 e. The normalized spacial score (nSPS) is 16.3. The van der Waals surface area contributed by atoms with Gasteiger partial charge in [0.05, 0.1) is 11.2 Å². The zero-order valence-electron chi connectivity index (χ0n) is 14.6. The summed E-state index contributed by atoms with van der Waals surface area (Å²) >= 11 is 5.85. The van der Waals surface area contributed by atoms with E-state index >= 15 is 0 Å². The highest BCUT2D eigenvalue weighted by Crippen LogP contribution is 2.30. The standard InChI is InChI=1S/C18H21ClFN3O2/c1-18(2,3)25-17(24)23-6-4-11(5-7-23)15-10-13-14(20)8-12(19)9-16(13)22-21-15/h8-11H,4-7H2,1-3H3. The van der Waals surface area contributed by atoms with Crippen molar-refractivity contribution in [1.82, 2.24) is 15.1 Å². The minimum atomic E-state index is -0.503. The van der Waals surface area contributed by atoms with Crippen molar-refractivity contribution in [2.24, 2.45) is 0 Å². The molecule has 1 amide bonds. The maximum atomic E-state index is 14.1. The van der Waals surface area contributed by atoms with E-state index in [2.05, 4.69) is 10.2 Å². The predicted octanol–water partition coefficient (Wildman–Crippen LogP) is 4.54. The second kappa shape index (κ2) is 6.75. The lowest BCUT2D eigenvalue weighted by atomic mass is 9.93. The van der Waals surface area contributed by atoms with Gasteiger partial charge in [0.1, 0.15) is 11.4 Å². The lowest BCUT2D eigenvalue weighted by molar-refractivity contribution is 0.0204. The molecule has 134 valence electrons. The molecule has 0 aliphatic carbocycles. The molecule has 2 aromatic rings. The molecule has 1 aliphatic heterocycles. The number of rotatable bonds is 1. The van der Waals surface area contributed by atoms with Crippen molar-refractivity contribution in [2.45, 2.75) is 45.1 Å². The summed E-state index contributed by atoms with van der Waals surface area (Å²) < 4.78 is 19.5. The van der Waals surface area contributed by atoms with Crippen LogP contribution < -0.4 is 0 Å². The Kier molecular flexibility index (Phi) is 4.82. The number of halogens is 2. The number of aromatic nitrogens is 2. The molecule has 0 atom stereocenters. The van der Waals surface area contributed by atoms with Crippen molar-refractivity contribution < 1.29 is 13.9 Å². The number of carbonyl (C=O) groups is 1. The molecule has 0 bridgehead atoms. The van der Waals surface area contributed by atoms with Crippen LogP contribution in [0.4, 0.5) is 9.18 Å². The molecule has 0 unspecified atom stereocenters. The van der Waals surface area contributed by atoms with Crippen molar-refractivity contribution in [3.63, 3.8) is 0 Å². The minimum Gasteiger partial charge on any atom is -0.444 e. The van der Waals surface area contributed by atoms with Crippen LogP contribution in [0.5, 0.6) is 0 Å². The van der Waals surface area contributed by atoms with Crippen LogP contribution in [-0.4, -0.2) is 39.9 Å². The molecular formula is C18H21ClFN3O2. The predicted molar refractivity (Wildman–Crippen MR) is 94.3 cm³/mol. The van der Waals surface area contributed by atoms with Crippen LogP contribution in [0.1, 0.15) is 45.2 Å². The van der Waals surface area contributed by atoms with Gasteiger partial charge in [0.15, 0.2) is 0 Å². The van der Waals surface area contributed by atoms with E-state index in [4.69, 9.17) is 16.3 Å². The highest BCUT2D eigenvalue weighted by Gasteiger charge is 2.28. The van der Waals surface area contributed by atoms with Crippen molar-refractivity contribution in [2.75, 3.05) is 13.1 Å². The van der Waals surface area contributed by atoms with Gasteiger partial charge in [-0.3, -0.25) is 0 Å². The summed E-state index contributed by atoms with van der Waals surface area (Å²) in [6, 6.07) is 4.62. The fraction of sp³-hybridized carbons (Fsp3) is 0.500. The van der Waals surface area contributed by atoms with Crippen molar-refractivity contribution in [3.05, 3.63) is 34.7 Å². The van der Waals surface area contributed by atoms with Crippen molar-refractivity contribution in [1.29, 1.82) is 0 Å². The fourth-order valence-corrected chi connectivity index (χ4v) is 3.17. The number of piperidine rings is 1. The molecule has 0 N–H and O–H groups in total. The summed E-state index contributed by atoms with van der Waals surface area (Å²) in [5, 5.41) is 9.06. The maximum absolute atomic E-state index is 14.1. The lowest BCUT2D eigenvalue weighted by Gasteiger charge is -2.33. The first-order valence-corrected chi connectivity index (χ1v) is 8.71. The Morgan fingerprint density at radius 3 is 2.56 bits per heavy atom. The molecule has 1 saturated heterocycles. The van der Waals surface area contributed by atoms with Gasteiger partial charge in [-0.25, -0.2) is 9.18 Å². The number of amides is 1. The number of ether oxygens (including phenoxy) is 1. The van der Waals surface area contributed by atoms with Crippen molar-refractivity contribution in [3.8, 4) is 0 Å². The summed E-state index contributed by atoms with van der Waals surface area (Å²) in [7, 11) is 0. The van der Waals surface area contributed by atoms with Gasteiger partial charge in [-0.15, -0.1) is 0 Å². The molecule has 0 saturated carbocycles. The lowest BCUT2D eigenvalue weighted by Crippen LogP contribution is -2.41. The Morgan fingerprint density at radius 1 is 1.24 bits per heavy atom. The Labute approximate surface area is 151 Å². The number of carbonyl (C=O) groups excluding carboxylic acids is 1. The van der Waals surface area contributed by atoms with E-state index in [9.17, 15) is 9.18 Å². The number of fused-ring (bicyclic) bond motifs is 1. The molecule has 0 spiro atoms. The van der Waals surface area contributed by atoms with Crippen LogP contribution in [0.15, 0.2) is 18.2 Å². The van der Waals surface area contributed by atoms with Gasteiger partial charge in [-0.2, -0.15) is 10.2 Å². The maximum Gasteiger partial charge on any atom is 0.410 e. The van der Waals surface area contributed by atoms with E-state index in [0.29, 0.717) is 29.0 Å². The first kappa shape index (κ1) is 17.9. The molecule has 1 aromatic carbocycles. The SMILES string of the molecule is CC(C)(C)OC(=O)N1CCC(c2cc3c(F)cc(Cl)cc3nn2)CC1. The highest BCUT2D eigenvalue weighted by molar-refractivity contribution is 6.31. The molecule has 5 nitrogen and oxygen atoms in total. The van der Waals surface area contributed by atoms with Crippen LogP contribution >= 0.6 is 11.6 Å². The molecule has 25 heavy (non-hydrogen) atoms. The molecule has 0 radical (unpaired) electrons. The van der Waals surface area contributed by atoms with Gasteiger partial charge in [-0.1, -0.05) is 11.6 Å².